The second-order valence-corrected chi connectivity index (χ2v) is 4.79. The number of benzene rings is 1. The van der Waals surface area contributed by atoms with Crippen LogP contribution in [0.4, 0.5) is 4.79 Å². The normalized spacial score (nSPS) is 22.5. The van der Waals surface area contributed by atoms with E-state index in [-0.39, 0.29) is 0 Å². The Labute approximate surface area is 101 Å². The van der Waals surface area contributed by atoms with Crippen LogP contribution in [0, 0.1) is 0 Å². The number of carbonyl (C=O) groups is 1. The highest BCUT2D eigenvalue weighted by Crippen LogP contribution is 2.29. The highest BCUT2D eigenvalue weighted by Gasteiger charge is 2.43. The van der Waals surface area contributed by atoms with E-state index in [1.54, 1.807) is 17.0 Å². The largest absolute Gasteiger partial charge is 0.415 e. The maximum absolute atomic E-state index is 12.0. The fourth-order valence-electron chi connectivity index (χ4n) is 2.04. The van der Waals surface area contributed by atoms with Gasteiger partial charge in [-0.05, 0) is 32.4 Å². The second kappa shape index (κ2) is 4.37. The average molecular weight is 235 g/mol. The third-order valence-corrected chi connectivity index (χ3v) is 3.31. The van der Waals surface area contributed by atoms with Gasteiger partial charge in [-0.25, -0.2) is 4.79 Å². The van der Waals surface area contributed by atoms with Crippen molar-refractivity contribution in [2.75, 3.05) is 6.54 Å². The van der Waals surface area contributed by atoms with E-state index in [0.717, 1.165) is 0 Å². The molecule has 17 heavy (non-hydrogen) atoms. The highest BCUT2D eigenvalue weighted by molar-refractivity contribution is 5.72. The summed E-state index contributed by atoms with van der Waals surface area (Å²) in [4.78, 5) is 13.5. The maximum Gasteiger partial charge on any atom is 0.415 e. The Balaban J connectivity index is 2.07. The number of hydrogen-bond donors (Lipinski definition) is 1. The first kappa shape index (κ1) is 11.9. The van der Waals surface area contributed by atoms with Crippen molar-refractivity contribution in [3.05, 3.63) is 30.3 Å². The fourth-order valence-corrected chi connectivity index (χ4v) is 2.04. The number of aliphatic hydroxyl groups is 1. The molecule has 1 atom stereocenters. The summed E-state index contributed by atoms with van der Waals surface area (Å²) in [6.45, 7) is 4.22. The number of ether oxygens (including phenoxy) is 1. The van der Waals surface area contributed by atoms with Gasteiger partial charge >= 0.3 is 6.09 Å². The average Bonchev–Trinajstić information content (AvgIpc) is 2.55. The van der Waals surface area contributed by atoms with Crippen LogP contribution in [-0.4, -0.2) is 34.3 Å². The van der Waals surface area contributed by atoms with E-state index in [1.165, 1.54) is 0 Å². The van der Waals surface area contributed by atoms with Gasteiger partial charge in [-0.2, -0.15) is 0 Å². The summed E-state index contributed by atoms with van der Waals surface area (Å²) in [5, 5.41) is 9.79. The van der Waals surface area contributed by atoms with Crippen molar-refractivity contribution < 1.29 is 14.6 Å². The molecule has 1 amide bonds. The lowest BCUT2D eigenvalue weighted by atomic mass is 9.99. The molecule has 1 aromatic carbocycles. The number of hydrogen-bond acceptors (Lipinski definition) is 3. The third kappa shape index (κ3) is 2.26. The molecule has 1 unspecified atom stereocenters. The van der Waals surface area contributed by atoms with E-state index in [4.69, 9.17) is 4.74 Å². The summed E-state index contributed by atoms with van der Waals surface area (Å²) in [7, 11) is 0. The van der Waals surface area contributed by atoms with E-state index >= 15 is 0 Å². The van der Waals surface area contributed by atoms with Crippen LogP contribution in [0.15, 0.2) is 30.3 Å². The molecule has 0 radical (unpaired) electrons. The van der Waals surface area contributed by atoms with Gasteiger partial charge in [0.25, 0.3) is 0 Å². The molecular formula is C13H17NO3. The first-order valence-corrected chi connectivity index (χ1v) is 5.74. The molecule has 1 N–H and O–H groups in total. The molecule has 1 aliphatic heterocycles. The number of aliphatic hydroxyl groups excluding tert-OH is 1. The zero-order valence-electron chi connectivity index (χ0n) is 10.1. The molecule has 0 bridgehead atoms. The first-order valence-electron chi connectivity index (χ1n) is 5.74. The highest BCUT2D eigenvalue weighted by atomic mass is 16.6. The fraction of sp³-hybridized carbons (Fsp3) is 0.462. The van der Waals surface area contributed by atoms with Crippen molar-refractivity contribution in [2.45, 2.75) is 31.9 Å². The van der Waals surface area contributed by atoms with Crippen molar-refractivity contribution in [1.82, 2.24) is 4.90 Å². The van der Waals surface area contributed by atoms with Crippen LogP contribution in [0.2, 0.25) is 0 Å². The second-order valence-electron chi connectivity index (χ2n) is 4.79. The predicted octanol–water partition coefficient (Wildman–Crippen LogP) is 2.03. The summed E-state index contributed by atoms with van der Waals surface area (Å²) in [6.07, 6.45) is -0.305. The Hall–Kier alpha value is -1.55. The molecule has 0 aromatic heterocycles. The standard InChI is InChI=1S/C13H17NO3/c1-13(2)11(15)8-9-14(13)12(16)17-10-6-4-3-5-7-10/h3-7,11,15H,8-9H2,1-2H3. The third-order valence-electron chi connectivity index (χ3n) is 3.31. The lowest BCUT2D eigenvalue weighted by Gasteiger charge is -2.32. The van der Waals surface area contributed by atoms with Gasteiger partial charge in [0, 0.05) is 6.54 Å². The zero-order valence-corrected chi connectivity index (χ0v) is 10.1. The molecule has 1 heterocycles. The minimum Gasteiger partial charge on any atom is -0.410 e. The zero-order chi connectivity index (χ0) is 12.5. The summed E-state index contributed by atoms with van der Waals surface area (Å²) in [6, 6.07) is 8.95. The molecule has 0 saturated carbocycles. The van der Waals surface area contributed by atoms with Gasteiger partial charge in [-0.3, -0.25) is 0 Å². The van der Waals surface area contributed by atoms with E-state index < -0.39 is 17.7 Å². The number of rotatable bonds is 1. The molecule has 1 aromatic rings. The SMILES string of the molecule is CC1(C)C(O)CCN1C(=O)Oc1ccccc1. The number of carbonyl (C=O) groups excluding carboxylic acids is 1. The van der Waals surface area contributed by atoms with Crippen LogP contribution in [0.25, 0.3) is 0 Å². The number of likely N-dealkylation sites (tertiary alicyclic amines) is 1. The molecule has 92 valence electrons. The molecule has 0 aliphatic carbocycles. The molecule has 2 rings (SSSR count). The van der Waals surface area contributed by atoms with Gasteiger partial charge < -0.3 is 14.7 Å². The molecule has 1 fully saturated rings. The van der Waals surface area contributed by atoms with Gasteiger partial charge in [-0.15, -0.1) is 0 Å². The van der Waals surface area contributed by atoms with Gasteiger partial charge in [0.2, 0.25) is 0 Å². The van der Waals surface area contributed by atoms with E-state index in [9.17, 15) is 9.90 Å². The Kier molecular flexibility index (Phi) is 3.07. The quantitative estimate of drug-likeness (QED) is 0.810. The van der Waals surface area contributed by atoms with Gasteiger partial charge in [0.15, 0.2) is 0 Å². The maximum atomic E-state index is 12.0. The minimum absolute atomic E-state index is 0.405. The van der Waals surface area contributed by atoms with E-state index in [0.29, 0.717) is 18.7 Å². The molecule has 4 nitrogen and oxygen atoms in total. The van der Waals surface area contributed by atoms with Gasteiger partial charge in [0.05, 0.1) is 11.6 Å². The Morgan fingerprint density at radius 2 is 2.06 bits per heavy atom. The van der Waals surface area contributed by atoms with Crippen LogP contribution in [-0.2, 0) is 0 Å². The first-order chi connectivity index (χ1) is 8.01. The molecule has 1 saturated heterocycles. The van der Waals surface area contributed by atoms with E-state index in [1.807, 2.05) is 32.0 Å². The van der Waals surface area contributed by atoms with Crippen molar-refractivity contribution in [3.8, 4) is 5.75 Å². The van der Waals surface area contributed by atoms with Crippen LogP contribution >= 0.6 is 0 Å². The van der Waals surface area contributed by atoms with Crippen LogP contribution in [0.1, 0.15) is 20.3 Å². The van der Waals surface area contributed by atoms with Gasteiger partial charge in [-0.1, -0.05) is 18.2 Å². The van der Waals surface area contributed by atoms with Crippen molar-refractivity contribution in [3.63, 3.8) is 0 Å². The number of amides is 1. The Bertz CT molecular complexity index is 402. The van der Waals surface area contributed by atoms with Crippen LogP contribution in [0.3, 0.4) is 0 Å². The smallest absolute Gasteiger partial charge is 0.410 e. The summed E-state index contributed by atoms with van der Waals surface area (Å²) in [5.74, 6) is 0.523. The molecule has 0 spiro atoms. The summed E-state index contributed by atoms with van der Waals surface area (Å²) >= 11 is 0. The molecule has 4 heteroatoms. The lowest BCUT2D eigenvalue weighted by Crippen LogP contribution is -2.49. The van der Waals surface area contributed by atoms with Crippen molar-refractivity contribution >= 4 is 6.09 Å². The number of para-hydroxylation sites is 1. The van der Waals surface area contributed by atoms with Crippen LogP contribution in [0.5, 0.6) is 5.75 Å². The monoisotopic (exact) mass is 235 g/mol. The summed E-state index contributed by atoms with van der Waals surface area (Å²) < 4.78 is 5.26. The minimum atomic E-state index is -0.564. The topological polar surface area (TPSA) is 49.8 Å². The molecular weight excluding hydrogens is 218 g/mol. The van der Waals surface area contributed by atoms with Gasteiger partial charge in [0.1, 0.15) is 5.75 Å². The van der Waals surface area contributed by atoms with Crippen LogP contribution < -0.4 is 4.74 Å². The lowest BCUT2D eigenvalue weighted by molar-refractivity contribution is 0.0561. The number of nitrogens with zero attached hydrogens (tertiary/aromatic N) is 1. The van der Waals surface area contributed by atoms with Crippen molar-refractivity contribution in [1.29, 1.82) is 0 Å². The van der Waals surface area contributed by atoms with Crippen molar-refractivity contribution in [2.24, 2.45) is 0 Å². The molecule has 1 aliphatic rings. The predicted molar refractivity (Wildman–Crippen MR) is 63.9 cm³/mol. The summed E-state index contributed by atoms with van der Waals surface area (Å²) in [5.41, 5.74) is -0.564. The van der Waals surface area contributed by atoms with E-state index in [2.05, 4.69) is 0 Å². The Morgan fingerprint density at radius 3 is 2.59 bits per heavy atom. The Morgan fingerprint density at radius 1 is 1.41 bits per heavy atom.